The number of rotatable bonds is 4. The van der Waals surface area contributed by atoms with Crippen molar-refractivity contribution in [3.8, 4) is 0 Å². The van der Waals surface area contributed by atoms with Gasteiger partial charge in [-0.15, -0.1) is 0 Å². The van der Waals surface area contributed by atoms with E-state index in [4.69, 9.17) is 0 Å². The van der Waals surface area contributed by atoms with Gasteiger partial charge < -0.3 is 0 Å². The molecule has 0 aromatic rings. The molecule has 0 heterocycles. The highest BCUT2D eigenvalue weighted by molar-refractivity contribution is 5.78. The van der Waals surface area contributed by atoms with E-state index in [1.165, 1.54) is 0 Å². The molecule has 1 atom stereocenters. The zero-order valence-electron chi connectivity index (χ0n) is 7.48. The van der Waals surface area contributed by atoms with Crippen LogP contribution in [0.25, 0.3) is 0 Å². The van der Waals surface area contributed by atoms with E-state index < -0.39 is 0 Å². The Morgan fingerprint density at radius 2 is 1.90 bits per heavy atom. The Balaban J connectivity index is 3.72. The molecule has 0 bridgehead atoms. The summed E-state index contributed by atoms with van der Waals surface area (Å²) in [5.41, 5.74) is 0. The van der Waals surface area contributed by atoms with Crippen molar-refractivity contribution in [3.05, 3.63) is 0 Å². The first-order valence-electron chi connectivity index (χ1n) is 4.08. The Morgan fingerprint density at radius 3 is 2.00 bits per heavy atom. The maximum atomic E-state index is 10.9. The van der Waals surface area contributed by atoms with Gasteiger partial charge in [0.2, 0.25) is 0 Å². The van der Waals surface area contributed by atoms with Crippen LogP contribution in [0.4, 0.5) is 0 Å². The van der Waals surface area contributed by atoms with Crippen LogP contribution in [-0.2, 0) is 4.79 Å². The van der Waals surface area contributed by atoms with E-state index in [1.54, 1.807) is 6.92 Å². The standard InChI is InChI=1S/C9H18O/c1-5-9(8(4)10)6-7(2)3/h7,9H,5-6H2,1-4H3/t9-/m0/s1. The Kier molecular flexibility index (Phi) is 4.33. The molecule has 1 heteroatoms. The van der Waals surface area contributed by atoms with Crippen LogP contribution in [0.5, 0.6) is 0 Å². The van der Waals surface area contributed by atoms with Gasteiger partial charge in [0, 0.05) is 5.92 Å². The van der Waals surface area contributed by atoms with Gasteiger partial charge in [0.1, 0.15) is 5.78 Å². The van der Waals surface area contributed by atoms with Crippen molar-refractivity contribution >= 4 is 5.78 Å². The van der Waals surface area contributed by atoms with Crippen LogP contribution in [0.15, 0.2) is 0 Å². The van der Waals surface area contributed by atoms with E-state index >= 15 is 0 Å². The van der Waals surface area contributed by atoms with Crippen molar-refractivity contribution in [1.82, 2.24) is 0 Å². The first-order chi connectivity index (χ1) is 4.57. The predicted octanol–water partition coefficient (Wildman–Crippen LogP) is 2.65. The van der Waals surface area contributed by atoms with Crippen molar-refractivity contribution < 1.29 is 4.79 Å². The zero-order chi connectivity index (χ0) is 8.15. The molecule has 0 fully saturated rings. The van der Waals surface area contributed by atoms with Gasteiger partial charge in [0.05, 0.1) is 0 Å². The lowest BCUT2D eigenvalue weighted by molar-refractivity contribution is -0.121. The minimum Gasteiger partial charge on any atom is -0.300 e. The van der Waals surface area contributed by atoms with Gasteiger partial charge in [-0.3, -0.25) is 4.79 Å². The lowest BCUT2D eigenvalue weighted by Gasteiger charge is -2.12. The van der Waals surface area contributed by atoms with E-state index in [0.29, 0.717) is 17.6 Å². The molecule has 0 aliphatic heterocycles. The fourth-order valence-corrected chi connectivity index (χ4v) is 1.19. The van der Waals surface area contributed by atoms with Gasteiger partial charge in [-0.2, -0.15) is 0 Å². The first-order valence-corrected chi connectivity index (χ1v) is 4.08. The van der Waals surface area contributed by atoms with E-state index in [1.807, 2.05) is 0 Å². The van der Waals surface area contributed by atoms with Crippen LogP contribution in [-0.4, -0.2) is 5.78 Å². The molecular formula is C9H18O. The highest BCUT2D eigenvalue weighted by atomic mass is 16.1. The van der Waals surface area contributed by atoms with Gasteiger partial charge in [-0.05, 0) is 25.7 Å². The van der Waals surface area contributed by atoms with E-state index in [9.17, 15) is 4.79 Å². The summed E-state index contributed by atoms with van der Waals surface area (Å²) in [6.07, 6.45) is 2.04. The summed E-state index contributed by atoms with van der Waals surface area (Å²) in [7, 11) is 0. The normalized spacial score (nSPS) is 13.7. The van der Waals surface area contributed by atoms with Crippen molar-refractivity contribution in [1.29, 1.82) is 0 Å². The van der Waals surface area contributed by atoms with E-state index in [2.05, 4.69) is 20.8 Å². The SMILES string of the molecule is CC[C@@H](CC(C)C)C(C)=O. The number of carbonyl (C=O) groups excluding carboxylic acids is 1. The maximum absolute atomic E-state index is 10.9. The third kappa shape index (κ3) is 3.65. The molecule has 0 rings (SSSR count). The summed E-state index contributed by atoms with van der Waals surface area (Å²) in [6.45, 7) is 8.09. The van der Waals surface area contributed by atoms with Gasteiger partial charge in [0.15, 0.2) is 0 Å². The smallest absolute Gasteiger partial charge is 0.132 e. The predicted molar refractivity (Wildman–Crippen MR) is 43.9 cm³/mol. The summed E-state index contributed by atoms with van der Waals surface area (Å²) < 4.78 is 0. The minimum absolute atomic E-state index is 0.306. The number of hydrogen-bond donors (Lipinski definition) is 0. The van der Waals surface area contributed by atoms with Crippen molar-refractivity contribution in [2.24, 2.45) is 11.8 Å². The van der Waals surface area contributed by atoms with E-state index in [0.717, 1.165) is 12.8 Å². The van der Waals surface area contributed by atoms with Gasteiger partial charge in [0.25, 0.3) is 0 Å². The molecule has 0 aliphatic rings. The lowest BCUT2D eigenvalue weighted by Crippen LogP contribution is -2.12. The molecule has 0 aromatic heterocycles. The number of carbonyl (C=O) groups is 1. The zero-order valence-corrected chi connectivity index (χ0v) is 7.48. The van der Waals surface area contributed by atoms with E-state index in [-0.39, 0.29) is 0 Å². The molecule has 0 amide bonds. The Morgan fingerprint density at radius 1 is 1.40 bits per heavy atom. The van der Waals surface area contributed by atoms with Gasteiger partial charge in [-0.1, -0.05) is 20.8 Å². The summed E-state index contributed by atoms with van der Waals surface area (Å²) in [5, 5.41) is 0. The average molecular weight is 142 g/mol. The van der Waals surface area contributed by atoms with Crippen molar-refractivity contribution in [3.63, 3.8) is 0 Å². The van der Waals surface area contributed by atoms with Crippen molar-refractivity contribution in [2.45, 2.75) is 40.5 Å². The summed E-state index contributed by atoms with van der Waals surface area (Å²) >= 11 is 0. The second-order valence-corrected chi connectivity index (χ2v) is 3.35. The van der Waals surface area contributed by atoms with Crippen LogP contribution in [0.3, 0.4) is 0 Å². The first kappa shape index (κ1) is 9.67. The second kappa shape index (κ2) is 4.48. The molecule has 0 aliphatic carbocycles. The fraction of sp³-hybridized carbons (Fsp3) is 0.889. The summed E-state index contributed by atoms with van der Waals surface area (Å²) in [6, 6.07) is 0. The van der Waals surface area contributed by atoms with Gasteiger partial charge >= 0.3 is 0 Å². The number of Topliss-reactive ketones (excluding diaryl/α,β-unsaturated/α-hetero) is 1. The molecule has 0 unspecified atom stereocenters. The molecule has 10 heavy (non-hydrogen) atoms. The van der Waals surface area contributed by atoms with Crippen molar-refractivity contribution in [2.75, 3.05) is 0 Å². The molecule has 60 valence electrons. The Hall–Kier alpha value is -0.330. The summed E-state index contributed by atoms with van der Waals surface area (Å²) in [4.78, 5) is 10.9. The minimum atomic E-state index is 0.306. The summed E-state index contributed by atoms with van der Waals surface area (Å²) in [5.74, 6) is 1.30. The topological polar surface area (TPSA) is 17.1 Å². The van der Waals surface area contributed by atoms with Crippen LogP contribution >= 0.6 is 0 Å². The second-order valence-electron chi connectivity index (χ2n) is 3.35. The van der Waals surface area contributed by atoms with Crippen LogP contribution < -0.4 is 0 Å². The highest BCUT2D eigenvalue weighted by Gasteiger charge is 2.12. The molecular weight excluding hydrogens is 124 g/mol. The molecule has 0 saturated heterocycles. The fourth-order valence-electron chi connectivity index (χ4n) is 1.19. The van der Waals surface area contributed by atoms with Crippen LogP contribution in [0.2, 0.25) is 0 Å². The quantitative estimate of drug-likeness (QED) is 0.589. The molecule has 0 spiro atoms. The number of hydrogen-bond acceptors (Lipinski definition) is 1. The Labute approximate surface area is 63.8 Å². The molecule has 1 nitrogen and oxygen atoms in total. The Bertz CT molecular complexity index is 105. The molecule has 0 saturated carbocycles. The maximum Gasteiger partial charge on any atom is 0.132 e. The van der Waals surface area contributed by atoms with Crippen LogP contribution in [0.1, 0.15) is 40.5 Å². The monoisotopic (exact) mass is 142 g/mol. The molecule has 0 aromatic carbocycles. The third-order valence-corrected chi connectivity index (χ3v) is 1.82. The largest absolute Gasteiger partial charge is 0.300 e. The highest BCUT2D eigenvalue weighted by Crippen LogP contribution is 2.15. The van der Waals surface area contributed by atoms with Crippen LogP contribution in [0, 0.1) is 11.8 Å². The third-order valence-electron chi connectivity index (χ3n) is 1.82. The average Bonchev–Trinajstić information content (AvgIpc) is 1.81. The molecule has 0 radical (unpaired) electrons. The van der Waals surface area contributed by atoms with Gasteiger partial charge in [-0.25, -0.2) is 0 Å². The number of ketones is 1. The molecule has 0 N–H and O–H groups in total. The lowest BCUT2D eigenvalue weighted by atomic mass is 9.92.